The highest BCUT2D eigenvalue weighted by atomic mass is 16.5. The molecule has 0 unspecified atom stereocenters. The zero-order valence-electron chi connectivity index (χ0n) is 17.7. The summed E-state index contributed by atoms with van der Waals surface area (Å²) in [5.41, 5.74) is 11.1. The van der Waals surface area contributed by atoms with Crippen LogP contribution in [0.2, 0.25) is 0 Å². The molecule has 0 atom stereocenters. The van der Waals surface area contributed by atoms with Gasteiger partial charge < -0.3 is 14.9 Å². The van der Waals surface area contributed by atoms with Gasteiger partial charge in [-0.1, -0.05) is 57.2 Å². The first kappa shape index (κ1) is 20.7. The Morgan fingerprint density at radius 1 is 0.862 bits per heavy atom. The molecule has 4 heteroatoms. The third-order valence-electron chi connectivity index (χ3n) is 4.76. The summed E-state index contributed by atoms with van der Waals surface area (Å²) < 4.78 is 11.5. The van der Waals surface area contributed by atoms with Crippen LogP contribution in [0, 0.1) is 0 Å². The zero-order chi connectivity index (χ0) is 20.7. The molecule has 0 saturated carbocycles. The minimum absolute atomic E-state index is 0.136. The normalized spacial score (nSPS) is 11.2. The maximum absolute atomic E-state index is 6.01. The molecule has 0 aliphatic rings. The van der Waals surface area contributed by atoms with Crippen molar-refractivity contribution in [3.63, 3.8) is 0 Å². The summed E-state index contributed by atoms with van der Waals surface area (Å²) in [6, 6.07) is 24.5. The highest BCUT2D eigenvalue weighted by Crippen LogP contribution is 2.26. The standard InChI is InChI=1S/C25H30N2O2/c1-25(2,3)21-11-13-23(14-12-21)29-18-20-16-19(10-15-24(20)28-4)17-26-27-22-8-6-5-7-9-22/h5-16,26-27H,17-18H2,1-4H3. The third kappa shape index (κ3) is 6.00. The molecule has 0 aliphatic heterocycles. The fraction of sp³-hybridized carbons (Fsp3) is 0.280. The third-order valence-corrected chi connectivity index (χ3v) is 4.76. The van der Waals surface area contributed by atoms with E-state index in [2.05, 4.69) is 55.9 Å². The van der Waals surface area contributed by atoms with E-state index in [0.717, 1.165) is 28.3 Å². The van der Waals surface area contributed by atoms with Gasteiger partial charge in [-0.15, -0.1) is 0 Å². The molecular weight excluding hydrogens is 360 g/mol. The van der Waals surface area contributed by atoms with Gasteiger partial charge in [0.05, 0.1) is 7.11 Å². The maximum Gasteiger partial charge on any atom is 0.125 e. The minimum Gasteiger partial charge on any atom is -0.496 e. The molecule has 4 nitrogen and oxygen atoms in total. The second-order valence-electron chi connectivity index (χ2n) is 8.05. The van der Waals surface area contributed by atoms with E-state index in [1.54, 1.807) is 7.11 Å². The van der Waals surface area contributed by atoms with E-state index in [-0.39, 0.29) is 5.41 Å². The van der Waals surface area contributed by atoms with Gasteiger partial charge in [-0.25, -0.2) is 5.43 Å². The molecule has 3 rings (SSSR count). The topological polar surface area (TPSA) is 42.5 Å². The van der Waals surface area contributed by atoms with E-state index in [0.29, 0.717) is 13.2 Å². The van der Waals surface area contributed by atoms with E-state index in [1.807, 2.05) is 48.5 Å². The Labute approximate surface area is 173 Å². The number of hydrogen-bond acceptors (Lipinski definition) is 4. The van der Waals surface area contributed by atoms with E-state index < -0.39 is 0 Å². The summed E-state index contributed by atoms with van der Waals surface area (Å²) >= 11 is 0. The Kier molecular flexibility index (Phi) is 6.78. The van der Waals surface area contributed by atoms with Crippen LogP contribution in [0.25, 0.3) is 0 Å². The van der Waals surface area contributed by atoms with Gasteiger partial charge in [-0.05, 0) is 52.9 Å². The number of nitrogens with one attached hydrogen (secondary N) is 2. The molecule has 29 heavy (non-hydrogen) atoms. The zero-order valence-corrected chi connectivity index (χ0v) is 17.7. The second-order valence-corrected chi connectivity index (χ2v) is 8.05. The van der Waals surface area contributed by atoms with Crippen LogP contribution in [0.15, 0.2) is 72.8 Å². The van der Waals surface area contributed by atoms with Gasteiger partial charge >= 0.3 is 0 Å². The van der Waals surface area contributed by atoms with E-state index in [9.17, 15) is 0 Å². The van der Waals surface area contributed by atoms with Crippen LogP contribution >= 0.6 is 0 Å². The van der Waals surface area contributed by atoms with Gasteiger partial charge in [0.1, 0.15) is 18.1 Å². The lowest BCUT2D eigenvalue weighted by atomic mass is 9.87. The summed E-state index contributed by atoms with van der Waals surface area (Å²) in [4.78, 5) is 0. The largest absolute Gasteiger partial charge is 0.496 e. The Hall–Kier alpha value is -2.98. The Bertz CT molecular complexity index is 900. The number of hydrogen-bond donors (Lipinski definition) is 2. The molecule has 0 saturated heterocycles. The summed E-state index contributed by atoms with van der Waals surface area (Å²) in [5.74, 6) is 1.69. The molecule has 2 N–H and O–H groups in total. The monoisotopic (exact) mass is 390 g/mol. The van der Waals surface area contributed by atoms with Crippen molar-refractivity contribution in [1.29, 1.82) is 0 Å². The first-order valence-corrected chi connectivity index (χ1v) is 9.89. The summed E-state index contributed by atoms with van der Waals surface area (Å²) in [6.45, 7) is 7.77. The predicted molar refractivity (Wildman–Crippen MR) is 119 cm³/mol. The SMILES string of the molecule is COc1ccc(CNNc2ccccc2)cc1COc1ccc(C(C)(C)C)cc1. The van der Waals surface area contributed by atoms with Crippen molar-refractivity contribution in [3.8, 4) is 11.5 Å². The fourth-order valence-corrected chi connectivity index (χ4v) is 3.04. The number of methoxy groups -OCH3 is 1. The van der Waals surface area contributed by atoms with Crippen molar-refractivity contribution in [3.05, 3.63) is 89.5 Å². The Balaban J connectivity index is 1.61. The van der Waals surface area contributed by atoms with Crippen LogP contribution in [0.1, 0.15) is 37.5 Å². The molecule has 0 heterocycles. The van der Waals surface area contributed by atoms with Crippen LogP contribution in [-0.2, 0) is 18.6 Å². The molecule has 0 aromatic heterocycles. The molecule has 0 fully saturated rings. The first-order valence-electron chi connectivity index (χ1n) is 9.89. The fourth-order valence-electron chi connectivity index (χ4n) is 3.04. The van der Waals surface area contributed by atoms with Crippen LogP contribution in [0.5, 0.6) is 11.5 Å². The summed E-state index contributed by atoms with van der Waals surface area (Å²) in [7, 11) is 1.69. The van der Waals surface area contributed by atoms with Gasteiger partial charge in [-0.3, -0.25) is 0 Å². The van der Waals surface area contributed by atoms with Crippen molar-refractivity contribution in [2.75, 3.05) is 12.5 Å². The lowest BCUT2D eigenvalue weighted by Crippen LogP contribution is -2.20. The van der Waals surface area contributed by atoms with E-state index in [4.69, 9.17) is 9.47 Å². The van der Waals surface area contributed by atoms with Crippen molar-refractivity contribution in [2.45, 2.75) is 39.3 Å². The minimum atomic E-state index is 0.136. The van der Waals surface area contributed by atoms with Gasteiger partial charge in [0.25, 0.3) is 0 Å². The number of hydrazine groups is 1. The molecule has 152 valence electrons. The number of benzene rings is 3. The molecule has 0 amide bonds. The van der Waals surface area contributed by atoms with Crippen molar-refractivity contribution >= 4 is 5.69 Å². The highest BCUT2D eigenvalue weighted by molar-refractivity contribution is 5.42. The number of para-hydroxylation sites is 1. The maximum atomic E-state index is 6.01. The first-order chi connectivity index (χ1) is 14.0. The Morgan fingerprint density at radius 3 is 2.24 bits per heavy atom. The predicted octanol–water partition coefficient (Wildman–Crippen LogP) is 5.69. The van der Waals surface area contributed by atoms with Crippen LogP contribution in [0.4, 0.5) is 5.69 Å². The molecule has 0 radical (unpaired) electrons. The second kappa shape index (κ2) is 9.48. The lowest BCUT2D eigenvalue weighted by Gasteiger charge is -2.19. The number of ether oxygens (including phenoxy) is 2. The summed E-state index contributed by atoms with van der Waals surface area (Å²) in [6.07, 6.45) is 0. The van der Waals surface area contributed by atoms with Gasteiger partial charge in [-0.2, -0.15) is 0 Å². The van der Waals surface area contributed by atoms with Crippen molar-refractivity contribution < 1.29 is 9.47 Å². The number of rotatable bonds is 8. The van der Waals surface area contributed by atoms with Gasteiger partial charge in [0, 0.05) is 17.8 Å². The van der Waals surface area contributed by atoms with E-state index >= 15 is 0 Å². The lowest BCUT2D eigenvalue weighted by molar-refractivity contribution is 0.296. The van der Waals surface area contributed by atoms with Crippen molar-refractivity contribution in [1.82, 2.24) is 5.43 Å². The molecule has 0 bridgehead atoms. The molecule has 3 aromatic rings. The van der Waals surface area contributed by atoms with Crippen LogP contribution in [0.3, 0.4) is 0 Å². The smallest absolute Gasteiger partial charge is 0.125 e. The van der Waals surface area contributed by atoms with E-state index in [1.165, 1.54) is 5.56 Å². The summed E-state index contributed by atoms with van der Waals surface area (Å²) in [5, 5.41) is 0. The molecule has 0 aliphatic carbocycles. The Morgan fingerprint density at radius 2 is 1.59 bits per heavy atom. The van der Waals surface area contributed by atoms with Crippen LogP contribution < -0.4 is 20.3 Å². The molecular formula is C25H30N2O2. The van der Waals surface area contributed by atoms with Crippen molar-refractivity contribution in [2.24, 2.45) is 0 Å². The average molecular weight is 391 g/mol. The average Bonchev–Trinajstić information content (AvgIpc) is 2.73. The molecule has 3 aromatic carbocycles. The molecule has 0 spiro atoms. The highest BCUT2D eigenvalue weighted by Gasteiger charge is 2.13. The van der Waals surface area contributed by atoms with Gasteiger partial charge in [0.15, 0.2) is 0 Å². The quantitative estimate of drug-likeness (QED) is 0.485. The van der Waals surface area contributed by atoms with Crippen LogP contribution in [-0.4, -0.2) is 7.11 Å². The van der Waals surface area contributed by atoms with Gasteiger partial charge in [0.2, 0.25) is 0 Å². The number of anilines is 1.